The molecule has 0 radical (unpaired) electrons. The maximum atomic E-state index is 10.6. The lowest BCUT2D eigenvalue weighted by atomic mass is 10.1. The van der Waals surface area contributed by atoms with Crippen molar-refractivity contribution in [3.05, 3.63) is 11.5 Å². The van der Waals surface area contributed by atoms with Gasteiger partial charge in [-0.2, -0.15) is 0 Å². The molecule has 1 aliphatic rings. The maximum absolute atomic E-state index is 10.6. The van der Waals surface area contributed by atoms with E-state index in [1.165, 1.54) is 0 Å². The summed E-state index contributed by atoms with van der Waals surface area (Å²) in [5.74, 6) is -1.89. The predicted molar refractivity (Wildman–Crippen MR) is 37.0 cm³/mol. The summed E-state index contributed by atoms with van der Waals surface area (Å²) in [6.07, 6.45) is -0.678. The molecule has 0 fully saturated rings. The summed E-state index contributed by atoms with van der Waals surface area (Å²) >= 11 is 0. The molecular weight excluding hydrogens is 148 g/mol. The van der Waals surface area contributed by atoms with Crippen LogP contribution in [0, 0.1) is 5.92 Å². The van der Waals surface area contributed by atoms with Gasteiger partial charge in [0.05, 0.1) is 0 Å². The second-order valence-corrected chi connectivity index (χ2v) is 2.80. The Hall–Kier alpha value is -1.19. The van der Waals surface area contributed by atoms with Gasteiger partial charge < -0.3 is 14.9 Å². The number of aliphatic hydroxyl groups excluding tert-OH is 2. The molecule has 0 aromatic carbocycles. The number of carbonyl (C=O) groups is 1. The van der Waals surface area contributed by atoms with Crippen molar-refractivity contribution in [1.82, 2.24) is 0 Å². The van der Waals surface area contributed by atoms with Gasteiger partial charge in [0.25, 0.3) is 0 Å². The summed E-state index contributed by atoms with van der Waals surface area (Å²) < 4.78 is 4.63. The number of hydrogen-bond acceptors (Lipinski definition) is 4. The van der Waals surface area contributed by atoms with Crippen molar-refractivity contribution in [2.45, 2.75) is 20.0 Å². The Balaban J connectivity index is 2.86. The summed E-state index contributed by atoms with van der Waals surface area (Å²) in [7, 11) is 0. The van der Waals surface area contributed by atoms with Gasteiger partial charge in [-0.1, -0.05) is 13.8 Å². The van der Waals surface area contributed by atoms with Crippen LogP contribution < -0.4 is 0 Å². The fourth-order valence-electron chi connectivity index (χ4n) is 0.918. The lowest BCUT2D eigenvalue weighted by Gasteiger charge is -2.12. The van der Waals surface area contributed by atoms with Crippen molar-refractivity contribution in [2.75, 3.05) is 0 Å². The first-order valence-corrected chi connectivity index (χ1v) is 3.37. The summed E-state index contributed by atoms with van der Waals surface area (Å²) in [5.41, 5.74) is 0. The highest BCUT2D eigenvalue weighted by molar-refractivity contribution is 5.89. The van der Waals surface area contributed by atoms with Crippen molar-refractivity contribution in [1.29, 1.82) is 0 Å². The average molecular weight is 158 g/mol. The molecule has 1 atom stereocenters. The SMILES string of the molecule is CC(C)C1OC(=O)C(O)=C1O. The number of ether oxygens (including phenoxy) is 1. The molecule has 0 spiro atoms. The highest BCUT2D eigenvalue weighted by Crippen LogP contribution is 2.23. The van der Waals surface area contributed by atoms with Gasteiger partial charge in [0.2, 0.25) is 5.76 Å². The standard InChI is InChI=1S/C7H10O4/c1-3(2)6-4(8)5(9)7(10)11-6/h3,6,8-9H,1-2H3. The van der Waals surface area contributed by atoms with Gasteiger partial charge in [-0.15, -0.1) is 0 Å². The number of cyclic esters (lactones) is 1. The largest absolute Gasteiger partial charge is 0.505 e. The molecule has 11 heavy (non-hydrogen) atoms. The molecule has 0 amide bonds. The van der Waals surface area contributed by atoms with E-state index in [0.29, 0.717) is 0 Å². The van der Waals surface area contributed by atoms with Crippen molar-refractivity contribution in [2.24, 2.45) is 5.92 Å². The van der Waals surface area contributed by atoms with Crippen LogP contribution in [0.15, 0.2) is 11.5 Å². The second kappa shape index (κ2) is 2.45. The van der Waals surface area contributed by atoms with Gasteiger partial charge in [-0.25, -0.2) is 4.79 Å². The Morgan fingerprint density at radius 2 is 2.00 bits per heavy atom. The van der Waals surface area contributed by atoms with Gasteiger partial charge in [-0.3, -0.25) is 0 Å². The number of esters is 1. The van der Waals surface area contributed by atoms with Crippen LogP contribution in [0.25, 0.3) is 0 Å². The molecule has 4 nitrogen and oxygen atoms in total. The zero-order valence-corrected chi connectivity index (χ0v) is 6.37. The lowest BCUT2D eigenvalue weighted by molar-refractivity contribution is -0.143. The van der Waals surface area contributed by atoms with E-state index in [1.54, 1.807) is 13.8 Å². The van der Waals surface area contributed by atoms with Crippen LogP contribution in [0.5, 0.6) is 0 Å². The molecule has 1 aliphatic heterocycles. The molecule has 0 saturated carbocycles. The normalized spacial score (nSPS) is 24.6. The summed E-state index contributed by atoms with van der Waals surface area (Å²) in [6.45, 7) is 3.57. The quantitative estimate of drug-likeness (QED) is 0.556. The summed E-state index contributed by atoms with van der Waals surface area (Å²) in [5, 5.41) is 17.9. The van der Waals surface area contributed by atoms with E-state index in [9.17, 15) is 4.79 Å². The monoisotopic (exact) mass is 158 g/mol. The van der Waals surface area contributed by atoms with Crippen molar-refractivity contribution in [3.8, 4) is 0 Å². The van der Waals surface area contributed by atoms with Crippen LogP contribution in [-0.2, 0) is 9.53 Å². The fraction of sp³-hybridized carbons (Fsp3) is 0.571. The number of aliphatic hydroxyl groups is 2. The zero-order chi connectivity index (χ0) is 8.59. The molecular formula is C7H10O4. The summed E-state index contributed by atoms with van der Waals surface area (Å²) in [4.78, 5) is 10.6. The summed E-state index contributed by atoms with van der Waals surface area (Å²) in [6, 6.07) is 0. The van der Waals surface area contributed by atoms with Crippen molar-refractivity contribution in [3.63, 3.8) is 0 Å². The first kappa shape index (κ1) is 7.91. The Morgan fingerprint density at radius 1 is 1.45 bits per heavy atom. The average Bonchev–Trinajstić information content (AvgIpc) is 2.17. The minimum Gasteiger partial charge on any atom is -0.505 e. The van der Waals surface area contributed by atoms with Crippen LogP contribution in [0.2, 0.25) is 0 Å². The molecule has 4 heteroatoms. The Bertz CT molecular complexity index is 216. The highest BCUT2D eigenvalue weighted by Gasteiger charge is 2.36. The molecule has 1 rings (SSSR count). The molecule has 0 saturated heterocycles. The second-order valence-electron chi connectivity index (χ2n) is 2.80. The van der Waals surface area contributed by atoms with E-state index in [-0.39, 0.29) is 11.7 Å². The van der Waals surface area contributed by atoms with E-state index >= 15 is 0 Å². The third-order valence-electron chi connectivity index (χ3n) is 1.54. The number of carbonyl (C=O) groups excluding carboxylic acids is 1. The Kier molecular flexibility index (Phi) is 1.76. The van der Waals surface area contributed by atoms with E-state index in [4.69, 9.17) is 10.2 Å². The van der Waals surface area contributed by atoms with E-state index in [2.05, 4.69) is 4.74 Å². The number of rotatable bonds is 1. The molecule has 0 aromatic heterocycles. The zero-order valence-electron chi connectivity index (χ0n) is 6.37. The third-order valence-corrected chi connectivity index (χ3v) is 1.54. The molecule has 0 aliphatic carbocycles. The molecule has 62 valence electrons. The van der Waals surface area contributed by atoms with E-state index in [1.807, 2.05) is 0 Å². The lowest BCUT2D eigenvalue weighted by Crippen LogP contribution is -2.18. The van der Waals surface area contributed by atoms with Crippen molar-refractivity contribution >= 4 is 5.97 Å². The molecule has 1 unspecified atom stereocenters. The molecule has 0 aromatic rings. The first-order chi connectivity index (χ1) is 5.04. The number of hydrogen-bond donors (Lipinski definition) is 2. The fourth-order valence-corrected chi connectivity index (χ4v) is 0.918. The van der Waals surface area contributed by atoms with Crippen LogP contribution in [-0.4, -0.2) is 22.3 Å². The van der Waals surface area contributed by atoms with Gasteiger partial charge in [-0.05, 0) is 5.92 Å². The Labute approximate surface area is 64.1 Å². The van der Waals surface area contributed by atoms with Gasteiger partial charge >= 0.3 is 5.97 Å². The Morgan fingerprint density at radius 3 is 2.18 bits per heavy atom. The molecule has 1 heterocycles. The van der Waals surface area contributed by atoms with Crippen LogP contribution in [0.1, 0.15) is 13.8 Å². The van der Waals surface area contributed by atoms with Crippen LogP contribution in [0.3, 0.4) is 0 Å². The van der Waals surface area contributed by atoms with Crippen LogP contribution in [0.4, 0.5) is 0 Å². The van der Waals surface area contributed by atoms with Gasteiger partial charge in [0.1, 0.15) is 0 Å². The minimum absolute atomic E-state index is 0.0244. The van der Waals surface area contributed by atoms with Gasteiger partial charge in [0.15, 0.2) is 11.9 Å². The smallest absolute Gasteiger partial charge is 0.377 e. The van der Waals surface area contributed by atoms with E-state index < -0.39 is 17.8 Å². The minimum atomic E-state index is -0.846. The maximum Gasteiger partial charge on any atom is 0.377 e. The first-order valence-electron chi connectivity index (χ1n) is 3.37. The van der Waals surface area contributed by atoms with Crippen molar-refractivity contribution < 1.29 is 19.7 Å². The predicted octanol–water partition coefficient (Wildman–Crippen LogP) is 0.895. The van der Waals surface area contributed by atoms with Crippen LogP contribution >= 0.6 is 0 Å². The van der Waals surface area contributed by atoms with Gasteiger partial charge in [0, 0.05) is 0 Å². The topological polar surface area (TPSA) is 66.8 Å². The van der Waals surface area contributed by atoms with E-state index in [0.717, 1.165) is 0 Å². The molecule has 2 N–H and O–H groups in total. The third kappa shape index (κ3) is 1.15. The highest BCUT2D eigenvalue weighted by atomic mass is 16.6. The molecule has 0 bridgehead atoms.